The Bertz CT molecular complexity index is 1150. The van der Waals surface area contributed by atoms with Crippen LogP contribution in [-0.2, 0) is 6.54 Å². The Labute approximate surface area is 180 Å². The molecule has 4 aromatic rings. The topological polar surface area (TPSA) is 72.8 Å². The largest absolute Gasteiger partial charge is 0.476 e. The minimum Gasteiger partial charge on any atom is -0.476 e. The number of fused-ring (bicyclic) bond motifs is 1. The van der Waals surface area contributed by atoms with E-state index in [0.29, 0.717) is 36.1 Å². The van der Waals surface area contributed by atoms with Gasteiger partial charge >= 0.3 is 0 Å². The third-order valence-electron chi connectivity index (χ3n) is 4.14. The van der Waals surface area contributed by atoms with Gasteiger partial charge in [0.1, 0.15) is 5.82 Å². The Morgan fingerprint density at radius 3 is 2.66 bits per heavy atom. The summed E-state index contributed by atoms with van der Waals surface area (Å²) in [6.45, 7) is 2.78. The molecule has 2 aromatic heterocycles. The summed E-state index contributed by atoms with van der Waals surface area (Å²) >= 11 is 2.26. The van der Waals surface area contributed by atoms with Crippen LogP contribution in [0.4, 0.5) is 10.3 Å². The highest BCUT2D eigenvalue weighted by molar-refractivity contribution is 14.1. The SMILES string of the molecule is CCOc1nc(NCc2ccc(F)cc2)nc2ncc(-c3cccc(I)c3)nc12. The van der Waals surface area contributed by atoms with Crippen LogP contribution in [0, 0.1) is 9.39 Å². The van der Waals surface area contributed by atoms with E-state index in [9.17, 15) is 4.39 Å². The molecule has 0 saturated heterocycles. The lowest BCUT2D eigenvalue weighted by molar-refractivity contribution is 0.330. The molecule has 0 spiro atoms. The standard InChI is InChI=1S/C21H17FIN5O/c1-2-29-20-18-19(24-12-17(26-18)14-4-3-5-16(23)10-14)27-21(28-20)25-11-13-6-8-15(22)9-7-13/h3-10,12H,2,11H2,1H3,(H,24,25,27,28). The molecule has 8 heteroatoms. The molecule has 1 N–H and O–H groups in total. The molecular formula is C21H17FIN5O. The fraction of sp³-hybridized carbons (Fsp3) is 0.143. The number of nitrogens with zero attached hydrogens (tertiary/aromatic N) is 4. The molecule has 29 heavy (non-hydrogen) atoms. The van der Waals surface area contributed by atoms with E-state index in [0.717, 1.165) is 20.4 Å². The summed E-state index contributed by atoms with van der Waals surface area (Å²) in [4.78, 5) is 18.1. The van der Waals surface area contributed by atoms with Gasteiger partial charge < -0.3 is 10.1 Å². The highest BCUT2D eigenvalue weighted by atomic mass is 127. The first-order valence-corrected chi connectivity index (χ1v) is 10.1. The van der Waals surface area contributed by atoms with E-state index in [1.165, 1.54) is 12.1 Å². The van der Waals surface area contributed by atoms with Crippen LogP contribution in [-0.4, -0.2) is 26.5 Å². The number of hydrogen-bond acceptors (Lipinski definition) is 6. The zero-order valence-corrected chi connectivity index (χ0v) is 17.7. The Morgan fingerprint density at radius 1 is 1.07 bits per heavy atom. The molecule has 0 aliphatic heterocycles. The maximum atomic E-state index is 13.1. The fourth-order valence-electron chi connectivity index (χ4n) is 2.77. The highest BCUT2D eigenvalue weighted by Crippen LogP contribution is 2.25. The number of nitrogens with one attached hydrogen (secondary N) is 1. The predicted octanol–water partition coefficient (Wildman–Crippen LogP) is 4.84. The lowest BCUT2D eigenvalue weighted by Gasteiger charge is -2.10. The van der Waals surface area contributed by atoms with E-state index in [2.05, 4.69) is 47.8 Å². The third-order valence-corrected chi connectivity index (χ3v) is 4.81. The lowest BCUT2D eigenvalue weighted by Crippen LogP contribution is -2.07. The molecule has 0 fully saturated rings. The van der Waals surface area contributed by atoms with Crippen LogP contribution >= 0.6 is 22.6 Å². The van der Waals surface area contributed by atoms with Gasteiger partial charge in [0.25, 0.3) is 0 Å². The van der Waals surface area contributed by atoms with Crippen molar-refractivity contribution >= 4 is 39.7 Å². The molecule has 2 heterocycles. The molecule has 0 aliphatic carbocycles. The van der Waals surface area contributed by atoms with Gasteiger partial charge in [-0.1, -0.05) is 24.3 Å². The molecule has 0 unspecified atom stereocenters. The second-order valence-electron chi connectivity index (χ2n) is 6.20. The van der Waals surface area contributed by atoms with Gasteiger partial charge in [-0.2, -0.15) is 9.97 Å². The average molecular weight is 501 g/mol. The molecule has 0 bridgehead atoms. The minimum absolute atomic E-state index is 0.270. The fourth-order valence-corrected chi connectivity index (χ4v) is 3.31. The van der Waals surface area contributed by atoms with Crippen LogP contribution in [0.5, 0.6) is 5.88 Å². The van der Waals surface area contributed by atoms with Crippen molar-refractivity contribution in [1.29, 1.82) is 0 Å². The van der Waals surface area contributed by atoms with Gasteiger partial charge in [-0.3, -0.25) is 0 Å². The maximum absolute atomic E-state index is 13.1. The number of aromatic nitrogens is 4. The lowest BCUT2D eigenvalue weighted by atomic mass is 10.2. The maximum Gasteiger partial charge on any atom is 0.247 e. The van der Waals surface area contributed by atoms with Crippen molar-refractivity contribution in [2.45, 2.75) is 13.5 Å². The van der Waals surface area contributed by atoms with E-state index in [-0.39, 0.29) is 5.82 Å². The second kappa shape index (κ2) is 8.64. The van der Waals surface area contributed by atoms with Crippen LogP contribution in [0.15, 0.2) is 54.7 Å². The summed E-state index contributed by atoms with van der Waals surface area (Å²) in [5.41, 5.74) is 3.56. The Kier molecular flexibility index (Phi) is 5.79. The Morgan fingerprint density at radius 2 is 1.90 bits per heavy atom. The molecule has 0 amide bonds. The molecule has 2 aromatic carbocycles. The molecule has 4 rings (SSSR count). The first-order valence-electron chi connectivity index (χ1n) is 9.04. The Balaban J connectivity index is 1.67. The summed E-state index contributed by atoms with van der Waals surface area (Å²) < 4.78 is 19.9. The van der Waals surface area contributed by atoms with Crippen LogP contribution < -0.4 is 10.1 Å². The summed E-state index contributed by atoms with van der Waals surface area (Å²) in [7, 11) is 0. The van der Waals surface area contributed by atoms with E-state index in [1.54, 1.807) is 18.3 Å². The highest BCUT2D eigenvalue weighted by Gasteiger charge is 2.13. The van der Waals surface area contributed by atoms with E-state index < -0.39 is 0 Å². The predicted molar refractivity (Wildman–Crippen MR) is 118 cm³/mol. The van der Waals surface area contributed by atoms with Crippen molar-refractivity contribution in [3.8, 4) is 17.1 Å². The van der Waals surface area contributed by atoms with Gasteiger partial charge in [-0.25, -0.2) is 14.4 Å². The van der Waals surface area contributed by atoms with Gasteiger partial charge in [-0.15, -0.1) is 0 Å². The number of rotatable bonds is 6. The normalized spacial score (nSPS) is 10.9. The number of hydrogen-bond donors (Lipinski definition) is 1. The monoisotopic (exact) mass is 501 g/mol. The molecule has 6 nitrogen and oxygen atoms in total. The van der Waals surface area contributed by atoms with Crippen molar-refractivity contribution in [2.24, 2.45) is 0 Å². The molecule has 0 radical (unpaired) electrons. The minimum atomic E-state index is -0.270. The second-order valence-corrected chi connectivity index (χ2v) is 7.45. The summed E-state index contributed by atoms with van der Waals surface area (Å²) in [6, 6.07) is 14.3. The van der Waals surface area contributed by atoms with Crippen molar-refractivity contribution in [2.75, 3.05) is 11.9 Å². The summed E-state index contributed by atoms with van der Waals surface area (Å²) in [5, 5.41) is 3.13. The first-order chi connectivity index (χ1) is 14.1. The number of benzene rings is 2. The molecule has 0 atom stereocenters. The zero-order valence-electron chi connectivity index (χ0n) is 15.6. The quantitative estimate of drug-likeness (QED) is 0.382. The van der Waals surface area contributed by atoms with E-state index in [1.807, 2.05) is 31.2 Å². The van der Waals surface area contributed by atoms with Gasteiger partial charge in [0.2, 0.25) is 11.8 Å². The number of ether oxygens (including phenoxy) is 1. The van der Waals surface area contributed by atoms with E-state index in [4.69, 9.17) is 4.74 Å². The molecule has 0 saturated carbocycles. The van der Waals surface area contributed by atoms with Crippen LogP contribution in [0.25, 0.3) is 22.4 Å². The van der Waals surface area contributed by atoms with Gasteiger partial charge in [0, 0.05) is 15.7 Å². The van der Waals surface area contributed by atoms with Gasteiger partial charge in [-0.05, 0) is 59.3 Å². The summed E-state index contributed by atoms with van der Waals surface area (Å²) in [5.74, 6) is 0.481. The van der Waals surface area contributed by atoms with Crippen LogP contribution in [0.1, 0.15) is 12.5 Å². The summed E-state index contributed by atoms with van der Waals surface area (Å²) in [6.07, 6.45) is 1.69. The third kappa shape index (κ3) is 4.58. The van der Waals surface area contributed by atoms with Gasteiger partial charge in [0.05, 0.1) is 18.5 Å². The van der Waals surface area contributed by atoms with Crippen molar-refractivity contribution in [1.82, 2.24) is 19.9 Å². The van der Waals surface area contributed by atoms with Crippen LogP contribution in [0.3, 0.4) is 0 Å². The first kappa shape index (κ1) is 19.4. The Hall–Kier alpha value is -2.88. The van der Waals surface area contributed by atoms with Crippen molar-refractivity contribution < 1.29 is 9.13 Å². The number of halogens is 2. The van der Waals surface area contributed by atoms with Crippen molar-refractivity contribution in [3.63, 3.8) is 0 Å². The number of anilines is 1. The zero-order chi connectivity index (χ0) is 20.2. The van der Waals surface area contributed by atoms with Crippen molar-refractivity contribution in [3.05, 3.63) is 69.7 Å². The van der Waals surface area contributed by atoms with E-state index >= 15 is 0 Å². The molecular weight excluding hydrogens is 484 g/mol. The smallest absolute Gasteiger partial charge is 0.247 e. The molecule has 146 valence electrons. The average Bonchev–Trinajstić information content (AvgIpc) is 2.73. The molecule has 0 aliphatic rings. The van der Waals surface area contributed by atoms with Gasteiger partial charge in [0.15, 0.2) is 11.2 Å². The van der Waals surface area contributed by atoms with Crippen LogP contribution in [0.2, 0.25) is 0 Å².